The van der Waals surface area contributed by atoms with Crippen molar-refractivity contribution in [2.24, 2.45) is 0 Å². The maximum atomic E-state index is 9.83. The van der Waals surface area contributed by atoms with E-state index in [0.717, 1.165) is 0 Å². The molecule has 0 aromatic heterocycles. The molecule has 0 amide bonds. The zero-order valence-electron chi connectivity index (χ0n) is 4.63. The van der Waals surface area contributed by atoms with E-state index in [1.165, 1.54) is 12.2 Å². The third-order valence-corrected chi connectivity index (χ3v) is 0.716. The number of allylic oxidation sites excluding steroid dienone is 2. The van der Waals surface area contributed by atoms with Gasteiger partial charge in [0, 0.05) is 6.08 Å². The van der Waals surface area contributed by atoms with E-state index >= 15 is 0 Å². The maximum Gasteiger partial charge on any atom is 0.264 e. The van der Waals surface area contributed by atoms with Crippen LogP contribution in [0.1, 0.15) is 6.92 Å². The largest absolute Gasteiger partial charge is 0.264 e. The van der Waals surface area contributed by atoms with E-state index in [4.69, 9.17) is 0 Å². The molecule has 0 N–H and O–H groups in total. The highest BCUT2D eigenvalue weighted by atomic mass is 16.6. The monoisotopic (exact) mass is 113 g/mol. The molecule has 0 rings (SSSR count). The van der Waals surface area contributed by atoms with Gasteiger partial charge in [0.1, 0.15) is 0 Å². The van der Waals surface area contributed by atoms with Crippen molar-refractivity contribution in [2.75, 3.05) is 0 Å². The lowest BCUT2D eigenvalue weighted by atomic mass is 10.4. The van der Waals surface area contributed by atoms with E-state index in [0.29, 0.717) is 0 Å². The molecule has 0 atom stereocenters. The zero-order chi connectivity index (χ0) is 6.57. The Morgan fingerprint density at radius 3 is 2.38 bits per heavy atom. The topological polar surface area (TPSA) is 43.1 Å². The third-order valence-electron chi connectivity index (χ3n) is 0.716. The molecule has 8 heavy (non-hydrogen) atoms. The molecule has 0 aromatic carbocycles. The molecule has 0 unspecified atom stereocenters. The standard InChI is InChI=1S/C5H7NO2/c1-3-5(4-2)6(7)8/h3-4H,1H2,2H3. The van der Waals surface area contributed by atoms with Gasteiger partial charge in [-0.05, 0) is 13.0 Å². The van der Waals surface area contributed by atoms with Gasteiger partial charge in [-0.2, -0.15) is 0 Å². The fourth-order valence-corrected chi connectivity index (χ4v) is 0.298. The number of hydrogen-bond donors (Lipinski definition) is 0. The summed E-state index contributed by atoms with van der Waals surface area (Å²) in [5.41, 5.74) is 0.0463. The first-order valence-corrected chi connectivity index (χ1v) is 2.15. The van der Waals surface area contributed by atoms with E-state index in [-0.39, 0.29) is 5.70 Å². The van der Waals surface area contributed by atoms with Gasteiger partial charge in [0.15, 0.2) is 0 Å². The van der Waals surface area contributed by atoms with Crippen LogP contribution >= 0.6 is 0 Å². The maximum absolute atomic E-state index is 9.83. The Kier molecular flexibility index (Phi) is 2.54. The van der Waals surface area contributed by atoms with Gasteiger partial charge in [-0.25, -0.2) is 0 Å². The lowest BCUT2D eigenvalue weighted by Crippen LogP contribution is -1.92. The van der Waals surface area contributed by atoms with Crippen LogP contribution in [-0.2, 0) is 0 Å². The summed E-state index contributed by atoms with van der Waals surface area (Å²) in [6.07, 6.45) is 2.60. The average Bonchev–Trinajstić information content (AvgIpc) is 1.69. The van der Waals surface area contributed by atoms with Crippen LogP contribution in [0.25, 0.3) is 0 Å². The van der Waals surface area contributed by atoms with Crippen molar-refractivity contribution in [3.8, 4) is 0 Å². The highest BCUT2D eigenvalue weighted by Gasteiger charge is 1.98. The lowest BCUT2D eigenvalue weighted by molar-refractivity contribution is -0.419. The molecule has 44 valence electrons. The average molecular weight is 113 g/mol. The van der Waals surface area contributed by atoms with Crippen molar-refractivity contribution in [3.05, 3.63) is 34.5 Å². The van der Waals surface area contributed by atoms with Gasteiger partial charge in [-0.1, -0.05) is 6.58 Å². The Balaban J connectivity index is 4.13. The number of nitro groups is 1. The second-order valence-electron chi connectivity index (χ2n) is 1.17. The van der Waals surface area contributed by atoms with Gasteiger partial charge in [-0.15, -0.1) is 0 Å². The van der Waals surface area contributed by atoms with Crippen molar-refractivity contribution in [1.82, 2.24) is 0 Å². The first kappa shape index (κ1) is 6.88. The zero-order valence-corrected chi connectivity index (χ0v) is 4.63. The van der Waals surface area contributed by atoms with Crippen molar-refractivity contribution < 1.29 is 4.92 Å². The molecule has 0 saturated heterocycles. The van der Waals surface area contributed by atoms with Gasteiger partial charge in [0.05, 0.1) is 4.92 Å². The molecule has 0 fully saturated rings. The highest BCUT2D eigenvalue weighted by Crippen LogP contribution is 1.93. The summed E-state index contributed by atoms with van der Waals surface area (Å²) >= 11 is 0. The summed E-state index contributed by atoms with van der Waals surface area (Å²) in [5.74, 6) is 0. The smallest absolute Gasteiger partial charge is 0.258 e. The van der Waals surface area contributed by atoms with Crippen LogP contribution in [0.4, 0.5) is 0 Å². The van der Waals surface area contributed by atoms with Gasteiger partial charge in [-0.3, -0.25) is 10.1 Å². The van der Waals surface area contributed by atoms with Crippen LogP contribution in [0.15, 0.2) is 24.4 Å². The van der Waals surface area contributed by atoms with Crippen LogP contribution in [0.5, 0.6) is 0 Å². The highest BCUT2D eigenvalue weighted by molar-refractivity contribution is 5.04. The first-order chi connectivity index (χ1) is 3.72. The predicted octanol–water partition coefficient (Wildman–Crippen LogP) is 1.35. The first-order valence-electron chi connectivity index (χ1n) is 2.15. The molecule has 0 aromatic rings. The Labute approximate surface area is 47.5 Å². The molecule has 0 bridgehead atoms. The van der Waals surface area contributed by atoms with Gasteiger partial charge < -0.3 is 0 Å². The molecular formula is C5H7NO2. The summed E-state index contributed by atoms with van der Waals surface area (Å²) < 4.78 is 0. The van der Waals surface area contributed by atoms with E-state index < -0.39 is 4.92 Å². The normalized spacial score (nSPS) is 10.9. The lowest BCUT2D eigenvalue weighted by Gasteiger charge is -1.83. The number of rotatable bonds is 2. The minimum Gasteiger partial charge on any atom is -0.258 e. The van der Waals surface area contributed by atoms with Crippen LogP contribution in [0, 0.1) is 10.1 Å². The summed E-state index contributed by atoms with van der Waals surface area (Å²) in [7, 11) is 0. The van der Waals surface area contributed by atoms with Crippen molar-refractivity contribution in [1.29, 1.82) is 0 Å². The summed E-state index contributed by atoms with van der Waals surface area (Å²) in [5, 5.41) is 9.83. The van der Waals surface area contributed by atoms with Gasteiger partial charge >= 0.3 is 0 Å². The van der Waals surface area contributed by atoms with Crippen LogP contribution in [0.3, 0.4) is 0 Å². The Hall–Kier alpha value is -1.12. The van der Waals surface area contributed by atoms with Gasteiger partial charge in [0.25, 0.3) is 5.70 Å². The minimum atomic E-state index is -0.479. The molecule has 0 aliphatic heterocycles. The molecular weight excluding hydrogens is 106 g/mol. The Morgan fingerprint density at radius 2 is 2.38 bits per heavy atom. The Morgan fingerprint density at radius 1 is 1.88 bits per heavy atom. The molecule has 0 aliphatic rings. The predicted molar refractivity (Wildman–Crippen MR) is 30.9 cm³/mol. The molecule has 3 heteroatoms. The molecule has 0 aliphatic carbocycles. The van der Waals surface area contributed by atoms with E-state index in [2.05, 4.69) is 6.58 Å². The van der Waals surface area contributed by atoms with Crippen molar-refractivity contribution in [2.45, 2.75) is 6.92 Å². The molecule has 3 nitrogen and oxygen atoms in total. The van der Waals surface area contributed by atoms with Crippen LogP contribution in [0.2, 0.25) is 0 Å². The second-order valence-corrected chi connectivity index (χ2v) is 1.17. The molecule has 0 spiro atoms. The summed E-state index contributed by atoms with van der Waals surface area (Å²) in [4.78, 5) is 9.35. The number of nitrogens with zero attached hydrogens (tertiary/aromatic N) is 1. The summed E-state index contributed by atoms with van der Waals surface area (Å²) in [6.45, 7) is 4.84. The quantitative estimate of drug-likeness (QED) is 0.308. The van der Waals surface area contributed by atoms with Gasteiger partial charge in [0.2, 0.25) is 0 Å². The number of hydrogen-bond acceptors (Lipinski definition) is 2. The van der Waals surface area contributed by atoms with Crippen molar-refractivity contribution in [3.63, 3.8) is 0 Å². The van der Waals surface area contributed by atoms with E-state index in [1.54, 1.807) is 6.92 Å². The fraction of sp³-hybridized carbons (Fsp3) is 0.200. The van der Waals surface area contributed by atoms with Crippen LogP contribution in [-0.4, -0.2) is 4.92 Å². The molecule has 0 saturated carbocycles. The van der Waals surface area contributed by atoms with E-state index in [9.17, 15) is 10.1 Å². The fourth-order valence-electron chi connectivity index (χ4n) is 0.298. The minimum absolute atomic E-state index is 0.0463. The second kappa shape index (κ2) is 2.96. The SMILES string of the molecule is C=CC(=CC)[N+](=O)[O-]. The van der Waals surface area contributed by atoms with E-state index in [1.807, 2.05) is 0 Å². The Bertz CT molecular complexity index is 137. The van der Waals surface area contributed by atoms with Crippen LogP contribution < -0.4 is 0 Å². The van der Waals surface area contributed by atoms with Crippen molar-refractivity contribution >= 4 is 0 Å². The molecule has 0 heterocycles. The third kappa shape index (κ3) is 1.55. The molecule has 0 radical (unpaired) electrons. The summed E-state index contributed by atoms with van der Waals surface area (Å²) in [6, 6.07) is 0.